The van der Waals surface area contributed by atoms with Crippen LogP contribution in [0.4, 0.5) is 5.69 Å². The lowest BCUT2D eigenvalue weighted by atomic mass is 10.1. The monoisotopic (exact) mass is 436 g/mol. The van der Waals surface area contributed by atoms with Crippen LogP contribution in [0.3, 0.4) is 0 Å². The zero-order chi connectivity index (χ0) is 22.0. The standard InChI is InChI=1S/C22H20N4O4S/c1-30-18-8-6-17(7-9-18)26-24-20-12-5-16(14-21(20)25-26)23-22(27)13-15-3-10-19(11-4-15)31(2,28)29/h3-12,14H,13H2,1-2H3,(H,23,27). The van der Waals surface area contributed by atoms with Crippen molar-refractivity contribution in [3.8, 4) is 11.4 Å². The fourth-order valence-corrected chi connectivity index (χ4v) is 3.70. The smallest absolute Gasteiger partial charge is 0.228 e. The van der Waals surface area contributed by atoms with Crippen LogP contribution in [0.5, 0.6) is 5.75 Å². The lowest BCUT2D eigenvalue weighted by Gasteiger charge is -2.06. The minimum atomic E-state index is -3.26. The molecule has 0 spiro atoms. The van der Waals surface area contributed by atoms with Crippen molar-refractivity contribution in [1.82, 2.24) is 15.0 Å². The molecule has 1 aromatic heterocycles. The topological polar surface area (TPSA) is 103 Å². The predicted molar refractivity (Wildman–Crippen MR) is 117 cm³/mol. The van der Waals surface area contributed by atoms with Crippen LogP contribution in [0.2, 0.25) is 0 Å². The van der Waals surface area contributed by atoms with Gasteiger partial charge in [-0.25, -0.2) is 8.42 Å². The third-order valence-corrected chi connectivity index (χ3v) is 5.81. The molecule has 158 valence electrons. The van der Waals surface area contributed by atoms with E-state index in [1.165, 1.54) is 16.9 Å². The van der Waals surface area contributed by atoms with E-state index < -0.39 is 9.84 Å². The van der Waals surface area contributed by atoms with Crippen LogP contribution in [-0.4, -0.2) is 42.7 Å². The van der Waals surface area contributed by atoms with E-state index in [0.29, 0.717) is 16.7 Å². The molecule has 4 aromatic rings. The molecule has 0 fully saturated rings. The maximum Gasteiger partial charge on any atom is 0.228 e. The number of methoxy groups -OCH3 is 1. The summed E-state index contributed by atoms with van der Waals surface area (Å²) in [5.41, 5.74) is 3.46. The van der Waals surface area contributed by atoms with Gasteiger partial charge in [-0.15, -0.1) is 10.2 Å². The second kappa shape index (κ2) is 8.19. The Kier molecular flexibility index (Phi) is 5.43. The highest BCUT2D eigenvalue weighted by Crippen LogP contribution is 2.19. The Morgan fingerprint density at radius 1 is 0.968 bits per heavy atom. The zero-order valence-electron chi connectivity index (χ0n) is 16.9. The Balaban J connectivity index is 1.47. The van der Waals surface area contributed by atoms with Crippen LogP contribution in [0.1, 0.15) is 5.56 Å². The number of hydrogen-bond donors (Lipinski definition) is 1. The number of nitrogens with zero attached hydrogens (tertiary/aromatic N) is 3. The summed E-state index contributed by atoms with van der Waals surface area (Å²) in [5.74, 6) is 0.533. The molecule has 0 saturated carbocycles. The number of ether oxygens (including phenoxy) is 1. The number of rotatable bonds is 6. The maximum absolute atomic E-state index is 12.4. The highest BCUT2D eigenvalue weighted by Gasteiger charge is 2.10. The van der Waals surface area contributed by atoms with Gasteiger partial charge in [0.1, 0.15) is 16.8 Å². The van der Waals surface area contributed by atoms with Gasteiger partial charge in [0.25, 0.3) is 0 Å². The van der Waals surface area contributed by atoms with Gasteiger partial charge >= 0.3 is 0 Å². The number of nitrogens with one attached hydrogen (secondary N) is 1. The molecule has 0 bridgehead atoms. The van der Waals surface area contributed by atoms with Gasteiger partial charge in [-0.1, -0.05) is 12.1 Å². The van der Waals surface area contributed by atoms with E-state index in [4.69, 9.17) is 4.74 Å². The van der Waals surface area contributed by atoms with E-state index in [-0.39, 0.29) is 17.2 Å². The van der Waals surface area contributed by atoms with E-state index in [2.05, 4.69) is 15.5 Å². The summed E-state index contributed by atoms with van der Waals surface area (Å²) in [6.07, 6.45) is 1.27. The number of sulfone groups is 1. The predicted octanol–water partition coefficient (Wildman–Crippen LogP) is 3.01. The summed E-state index contributed by atoms with van der Waals surface area (Å²) < 4.78 is 28.2. The molecule has 1 heterocycles. The molecule has 4 rings (SSSR count). The SMILES string of the molecule is COc1ccc(-n2nc3ccc(NC(=O)Cc4ccc(S(C)(=O)=O)cc4)cc3n2)cc1. The quantitative estimate of drug-likeness (QED) is 0.498. The minimum absolute atomic E-state index is 0.126. The molecule has 31 heavy (non-hydrogen) atoms. The van der Waals surface area contributed by atoms with Crippen LogP contribution in [0.25, 0.3) is 16.7 Å². The summed E-state index contributed by atoms with van der Waals surface area (Å²) >= 11 is 0. The van der Waals surface area contributed by atoms with Crippen molar-refractivity contribution < 1.29 is 17.9 Å². The number of anilines is 1. The first-order valence-electron chi connectivity index (χ1n) is 9.42. The van der Waals surface area contributed by atoms with Gasteiger partial charge in [0.05, 0.1) is 24.1 Å². The normalized spacial score (nSPS) is 11.4. The summed E-state index contributed by atoms with van der Waals surface area (Å²) in [6, 6.07) is 19.0. The molecule has 1 N–H and O–H groups in total. The van der Waals surface area contributed by atoms with Crippen LogP contribution in [0, 0.1) is 0 Å². The highest BCUT2D eigenvalue weighted by atomic mass is 32.2. The van der Waals surface area contributed by atoms with E-state index in [0.717, 1.165) is 23.3 Å². The summed E-state index contributed by atoms with van der Waals surface area (Å²) in [5, 5.41) is 11.8. The maximum atomic E-state index is 12.4. The van der Waals surface area contributed by atoms with Gasteiger partial charge in [0.15, 0.2) is 9.84 Å². The molecule has 8 nitrogen and oxygen atoms in total. The molecule has 0 aliphatic carbocycles. The number of amides is 1. The molecular weight excluding hydrogens is 416 g/mol. The molecule has 9 heteroatoms. The fourth-order valence-electron chi connectivity index (χ4n) is 3.07. The van der Waals surface area contributed by atoms with Crippen LogP contribution in [0.15, 0.2) is 71.6 Å². The van der Waals surface area contributed by atoms with Crippen molar-refractivity contribution in [1.29, 1.82) is 0 Å². The van der Waals surface area contributed by atoms with Crippen molar-refractivity contribution in [2.45, 2.75) is 11.3 Å². The van der Waals surface area contributed by atoms with E-state index in [9.17, 15) is 13.2 Å². The number of carbonyl (C=O) groups excluding carboxylic acids is 1. The second-order valence-electron chi connectivity index (χ2n) is 7.03. The highest BCUT2D eigenvalue weighted by molar-refractivity contribution is 7.90. The largest absolute Gasteiger partial charge is 0.497 e. The first-order chi connectivity index (χ1) is 14.8. The van der Waals surface area contributed by atoms with Crippen LogP contribution >= 0.6 is 0 Å². The van der Waals surface area contributed by atoms with Gasteiger partial charge in [0, 0.05) is 11.9 Å². The van der Waals surface area contributed by atoms with Gasteiger partial charge in [0.2, 0.25) is 5.91 Å². The molecule has 0 unspecified atom stereocenters. The fraction of sp³-hybridized carbons (Fsp3) is 0.136. The third kappa shape index (κ3) is 4.72. The molecule has 1 amide bonds. The minimum Gasteiger partial charge on any atom is -0.497 e. The average Bonchev–Trinajstić information content (AvgIpc) is 3.17. The van der Waals surface area contributed by atoms with Gasteiger partial charge in [-0.05, 0) is 60.2 Å². The Morgan fingerprint density at radius 2 is 1.65 bits per heavy atom. The molecule has 3 aromatic carbocycles. The first kappa shape index (κ1) is 20.5. The number of benzene rings is 3. The van der Waals surface area contributed by atoms with Crippen molar-refractivity contribution in [3.63, 3.8) is 0 Å². The van der Waals surface area contributed by atoms with Gasteiger partial charge < -0.3 is 10.1 Å². The molecule has 0 atom stereocenters. The van der Waals surface area contributed by atoms with E-state index in [1.807, 2.05) is 24.3 Å². The van der Waals surface area contributed by atoms with Crippen molar-refractivity contribution >= 4 is 32.5 Å². The number of aromatic nitrogens is 3. The van der Waals surface area contributed by atoms with Gasteiger partial charge in [-0.2, -0.15) is 4.80 Å². The van der Waals surface area contributed by atoms with Crippen LogP contribution in [-0.2, 0) is 21.1 Å². The molecule has 0 radical (unpaired) electrons. The second-order valence-corrected chi connectivity index (χ2v) is 9.05. The number of carbonyl (C=O) groups is 1. The van der Waals surface area contributed by atoms with Gasteiger partial charge in [-0.3, -0.25) is 4.79 Å². The average molecular weight is 436 g/mol. The Morgan fingerprint density at radius 3 is 2.29 bits per heavy atom. The van der Waals surface area contributed by atoms with E-state index in [1.54, 1.807) is 37.4 Å². The summed E-state index contributed by atoms with van der Waals surface area (Å²) in [4.78, 5) is 14.2. The number of hydrogen-bond acceptors (Lipinski definition) is 6. The Labute approximate surface area is 179 Å². The van der Waals surface area contributed by atoms with E-state index >= 15 is 0 Å². The first-order valence-corrected chi connectivity index (χ1v) is 11.3. The molecule has 0 aliphatic heterocycles. The zero-order valence-corrected chi connectivity index (χ0v) is 17.8. The lowest BCUT2D eigenvalue weighted by molar-refractivity contribution is -0.115. The molecule has 0 aliphatic rings. The van der Waals surface area contributed by atoms with Crippen LogP contribution < -0.4 is 10.1 Å². The molecular formula is C22H20N4O4S. The number of fused-ring (bicyclic) bond motifs is 1. The van der Waals surface area contributed by atoms with Crippen molar-refractivity contribution in [3.05, 3.63) is 72.3 Å². The van der Waals surface area contributed by atoms with Crippen molar-refractivity contribution in [2.24, 2.45) is 0 Å². The Bertz CT molecular complexity index is 1340. The Hall–Kier alpha value is -3.72. The summed E-state index contributed by atoms with van der Waals surface area (Å²) in [6.45, 7) is 0. The summed E-state index contributed by atoms with van der Waals surface area (Å²) in [7, 11) is -1.65. The van der Waals surface area contributed by atoms with Crippen molar-refractivity contribution in [2.75, 3.05) is 18.7 Å². The molecule has 0 saturated heterocycles. The lowest BCUT2D eigenvalue weighted by Crippen LogP contribution is -2.14. The third-order valence-electron chi connectivity index (χ3n) is 4.68.